The minimum Gasteiger partial charge on any atom is -0.251 e. The number of hydrogen-bond acceptors (Lipinski definition) is 8. The molecule has 1 unspecified atom stereocenters. The Bertz CT molecular complexity index is 514. The van der Waals surface area contributed by atoms with Gasteiger partial charge in [-0.1, -0.05) is 11.8 Å². The summed E-state index contributed by atoms with van der Waals surface area (Å²) in [6.45, 7) is 0. The fourth-order valence-electron chi connectivity index (χ4n) is 0.691. The molecular weight excluding hydrogens is 331 g/mol. The van der Waals surface area contributed by atoms with Gasteiger partial charge in [0.15, 0.2) is 4.34 Å². The second-order valence-electron chi connectivity index (χ2n) is 2.27. The Morgan fingerprint density at radius 1 is 1.19 bits per heavy atom. The quantitative estimate of drug-likeness (QED) is 0.801. The summed E-state index contributed by atoms with van der Waals surface area (Å²) < 4.78 is 20.3. The van der Waals surface area contributed by atoms with E-state index >= 15 is 0 Å². The van der Waals surface area contributed by atoms with Crippen LogP contribution >= 0.6 is 58.0 Å². The highest BCUT2D eigenvalue weighted by Crippen LogP contribution is 2.25. The van der Waals surface area contributed by atoms with Crippen molar-refractivity contribution in [1.29, 1.82) is 0 Å². The Hall–Kier alpha value is 0.200. The first-order valence-corrected chi connectivity index (χ1v) is 8.25. The molecule has 0 N–H and O–H groups in total. The Labute approximate surface area is 115 Å². The van der Waals surface area contributed by atoms with E-state index in [9.17, 15) is 4.21 Å². The van der Waals surface area contributed by atoms with Crippen molar-refractivity contribution in [3.8, 4) is 0 Å². The normalized spacial score (nSPS) is 12.9. The third-order valence-electron chi connectivity index (χ3n) is 1.25. The van der Waals surface area contributed by atoms with Crippen LogP contribution in [0.25, 0.3) is 0 Å². The van der Waals surface area contributed by atoms with Crippen molar-refractivity contribution in [3.05, 3.63) is 10.6 Å². The monoisotopic (exact) mass is 332 g/mol. The fraction of sp³-hybridized carbons (Fsp3) is 0.200. The van der Waals surface area contributed by atoms with Crippen molar-refractivity contribution >= 4 is 68.8 Å². The first-order chi connectivity index (χ1) is 7.65. The number of nitrogens with zero attached hydrogens (tertiary/aromatic N) is 4. The number of thioether (sulfide) groups is 1. The lowest BCUT2D eigenvalue weighted by Gasteiger charge is -1.93. The lowest BCUT2D eigenvalue weighted by molar-refractivity contribution is 0.685. The fourth-order valence-corrected chi connectivity index (χ4v) is 5.12. The van der Waals surface area contributed by atoms with E-state index in [1.165, 1.54) is 23.3 Å². The topological polar surface area (TPSA) is 68.6 Å². The van der Waals surface area contributed by atoms with Crippen molar-refractivity contribution in [2.45, 2.75) is 8.68 Å². The maximum atomic E-state index is 11.7. The van der Waals surface area contributed by atoms with E-state index in [0.29, 0.717) is 13.8 Å². The van der Waals surface area contributed by atoms with Crippen LogP contribution in [0.15, 0.2) is 8.68 Å². The third-order valence-corrected chi connectivity index (χ3v) is 6.32. The second kappa shape index (κ2) is 5.69. The lowest BCUT2D eigenvalue weighted by atomic mass is 11.3. The zero-order chi connectivity index (χ0) is 11.5. The largest absolute Gasteiger partial charge is 0.251 e. The molecule has 0 aromatic carbocycles. The summed E-state index contributed by atoms with van der Waals surface area (Å²) >= 11 is 14.6. The van der Waals surface area contributed by atoms with Gasteiger partial charge in [0.1, 0.15) is 0 Å². The Morgan fingerprint density at radius 2 is 1.88 bits per heavy atom. The van der Waals surface area contributed by atoms with E-state index in [-0.39, 0.29) is 10.6 Å². The average Bonchev–Trinajstić information content (AvgIpc) is 2.84. The smallest absolute Gasteiger partial charge is 0.235 e. The summed E-state index contributed by atoms with van der Waals surface area (Å²) in [7, 11) is -1.23. The minimum absolute atomic E-state index is 0.123. The first kappa shape index (κ1) is 12.7. The van der Waals surface area contributed by atoms with Crippen molar-refractivity contribution in [2.75, 3.05) is 5.08 Å². The number of rotatable bonds is 4. The molecule has 0 aliphatic carbocycles. The molecule has 1 atom stereocenters. The van der Waals surface area contributed by atoms with Gasteiger partial charge in [0.25, 0.3) is 0 Å². The van der Waals surface area contributed by atoms with Gasteiger partial charge in [-0.15, -0.1) is 0 Å². The summed E-state index contributed by atoms with van der Waals surface area (Å²) in [5.74, 6) is 0. The molecule has 5 nitrogen and oxygen atoms in total. The highest BCUT2D eigenvalue weighted by atomic mass is 35.5. The van der Waals surface area contributed by atoms with E-state index < -0.39 is 10.8 Å². The highest BCUT2D eigenvalue weighted by molar-refractivity contribution is 8.11. The molecule has 0 amide bonds. The van der Waals surface area contributed by atoms with Gasteiger partial charge < -0.3 is 0 Å². The SMILES string of the molecule is O=S(CSc1nc(Cl)ns1)c1nc(Cl)ns1. The number of hydrogen-bond donors (Lipinski definition) is 0. The van der Waals surface area contributed by atoms with E-state index in [4.69, 9.17) is 23.2 Å². The van der Waals surface area contributed by atoms with Crippen molar-refractivity contribution < 1.29 is 4.21 Å². The molecule has 0 radical (unpaired) electrons. The number of aromatic nitrogens is 4. The second-order valence-corrected chi connectivity index (χ2v) is 7.66. The zero-order valence-corrected chi connectivity index (χ0v) is 12.1. The molecule has 11 heteroatoms. The van der Waals surface area contributed by atoms with Crippen LogP contribution in [0.3, 0.4) is 0 Å². The van der Waals surface area contributed by atoms with Gasteiger partial charge in [-0.2, -0.15) is 18.7 Å². The molecule has 16 heavy (non-hydrogen) atoms. The molecule has 0 spiro atoms. The molecule has 2 rings (SSSR count). The van der Waals surface area contributed by atoms with Crippen LogP contribution in [0.1, 0.15) is 0 Å². The summed E-state index contributed by atoms with van der Waals surface area (Å²) in [4.78, 5) is 7.75. The van der Waals surface area contributed by atoms with Gasteiger partial charge >= 0.3 is 0 Å². The average molecular weight is 333 g/mol. The molecule has 0 saturated carbocycles. The van der Waals surface area contributed by atoms with Gasteiger partial charge in [-0.25, -0.2) is 0 Å². The summed E-state index contributed by atoms with van der Waals surface area (Å²) in [6, 6.07) is 0. The predicted molar refractivity (Wildman–Crippen MR) is 67.0 cm³/mol. The number of halogens is 2. The van der Waals surface area contributed by atoms with E-state index in [1.807, 2.05) is 0 Å². The molecule has 2 aromatic rings. The Kier molecular flexibility index (Phi) is 4.50. The van der Waals surface area contributed by atoms with Gasteiger partial charge in [0.2, 0.25) is 14.9 Å². The van der Waals surface area contributed by atoms with Crippen LogP contribution in [0.2, 0.25) is 10.6 Å². The van der Waals surface area contributed by atoms with Gasteiger partial charge in [-0.3, -0.25) is 4.21 Å². The molecule has 0 bridgehead atoms. The third kappa shape index (κ3) is 3.34. The molecule has 0 aliphatic rings. The summed E-state index contributed by atoms with van der Waals surface area (Å²) in [6.07, 6.45) is 0. The summed E-state index contributed by atoms with van der Waals surface area (Å²) in [5, 5.41) is 0.659. The Balaban J connectivity index is 1.93. The predicted octanol–water partition coefficient (Wildman–Crippen LogP) is 2.55. The van der Waals surface area contributed by atoms with Crippen LogP contribution in [0.4, 0.5) is 0 Å². The molecular formula is C5H2Cl2N4OS4. The standard InChI is InChI=1S/C5H2Cl2N4OS4/c6-2-8-4(14-10-2)13-1-16(12)5-9-3(7)11-15-5/h1H2. The van der Waals surface area contributed by atoms with E-state index in [2.05, 4.69) is 18.7 Å². The van der Waals surface area contributed by atoms with Crippen molar-refractivity contribution in [1.82, 2.24) is 18.7 Å². The highest BCUT2D eigenvalue weighted by Gasteiger charge is 2.12. The summed E-state index contributed by atoms with van der Waals surface area (Å²) in [5.41, 5.74) is 0. The first-order valence-electron chi connectivity index (χ1n) is 3.65. The van der Waals surface area contributed by atoms with E-state index in [0.717, 1.165) is 11.5 Å². The molecule has 0 aliphatic heterocycles. The van der Waals surface area contributed by atoms with Gasteiger partial charge in [0, 0.05) is 0 Å². The minimum atomic E-state index is -1.23. The maximum Gasteiger partial charge on any atom is 0.235 e. The molecule has 2 heterocycles. The molecule has 86 valence electrons. The van der Waals surface area contributed by atoms with Crippen LogP contribution in [0, 0.1) is 0 Å². The molecule has 0 saturated heterocycles. The van der Waals surface area contributed by atoms with E-state index in [1.54, 1.807) is 0 Å². The Morgan fingerprint density at radius 3 is 2.44 bits per heavy atom. The van der Waals surface area contributed by atoms with Crippen molar-refractivity contribution in [2.24, 2.45) is 0 Å². The molecule has 0 fully saturated rings. The maximum absolute atomic E-state index is 11.7. The zero-order valence-electron chi connectivity index (χ0n) is 7.29. The van der Waals surface area contributed by atoms with Gasteiger partial charge in [-0.05, 0) is 46.3 Å². The van der Waals surface area contributed by atoms with Crippen molar-refractivity contribution in [3.63, 3.8) is 0 Å². The lowest BCUT2D eigenvalue weighted by Crippen LogP contribution is -1.93. The van der Waals surface area contributed by atoms with Crippen LogP contribution in [-0.4, -0.2) is 28.0 Å². The van der Waals surface area contributed by atoms with Crippen LogP contribution < -0.4 is 0 Å². The van der Waals surface area contributed by atoms with Crippen LogP contribution in [0.5, 0.6) is 0 Å². The van der Waals surface area contributed by atoms with Gasteiger partial charge in [0.05, 0.1) is 15.9 Å². The van der Waals surface area contributed by atoms with Crippen LogP contribution in [-0.2, 0) is 10.8 Å². The molecule has 2 aromatic heterocycles.